The molecule has 0 unspecified atom stereocenters. The van der Waals surface area contributed by atoms with E-state index in [0.717, 1.165) is 0 Å². The second-order valence-electron chi connectivity index (χ2n) is 1.01. The summed E-state index contributed by atoms with van der Waals surface area (Å²) in [7, 11) is 0. The van der Waals surface area contributed by atoms with Crippen molar-refractivity contribution in [1.29, 1.82) is 0 Å². The van der Waals surface area contributed by atoms with Crippen LogP contribution < -0.4 is 0 Å². The van der Waals surface area contributed by atoms with Crippen LogP contribution in [0.2, 0.25) is 0 Å². The van der Waals surface area contributed by atoms with Crippen LogP contribution in [0.3, 0.4) is 0 Å². The average molecular weight is 142 g/mol. The van der Waals surface area contributed by atoms with E-state index >= 15 is 0 Å². The number of carboxylic acids is 2. The topological polar surface area (TPSA) is 74.6 Å². The second-order valence-corrected chi connectivity index (χ2v) is 1.01. The van der Waals surface area contributed by atoms with E-state index in [0.29, 0.717) is 12.2 Å². The Morgan fingerprint density at radius 2 is 1.33 bits per heavy atom. The van der Waals surface area contributed by atoms with Crippen molar-refractivity contribution >= 4 is 35.0 Å². The van der Waals surface area contributed by atoms with E-state index in [4.69, 9.17) is 10.2 Å². The Morgan fingerprint density at radius 3 is 1.44 bits per heavy atom. The summed E-state index contributed by atoms with van der Waals surface area (Å²) >= 11 is 0. The van der Waals surface area contributed by atoms with Crippen molar-refractivity contribution in [3.63, 3.8) is 0 Å². The van der Waals surface area contributed by atoms with Gasteiger partial charge in [-0.25, -0.2) is 9.59 Å². The minimum atomic E-state index is -1.26. The Balaban J connectivity index is -0.0000000817. The largest absolute Gasteiger partial charge is 2.00 e. The molecular formula is C4H6MgO4. The molecule has 0 aliphatic rings. The molecular weight excluding hydrogens is 136 g/mol. The van der Waals surface area contributed by atoms with Crippen LogP contribution in [0.1, 0.15) is 2.85 Å². The summed E-state index contributed by atoms with van der Waals surface area (Å²) in [5.74, 6) is -2.51. The van der Waals surface area contributed by atoms with Crippen molar-refractivity contribution in [3.05, 3.63) is 12.2 Å². The van der Waals surface area contributed by atoms with Gasteiger partial charge in [-0.05, 0) is 0 Å². The number of aliphatic carboxylic acids is 2. The molecule has 0 aromatic rings. The summed E-state index contributed by atoms with van der Waals surface area (Å²) in [4.78, 5) is 19.1. The number of carboxylic acid groups (broad SMARTS) is 2. The minimum Gasteiger partial charge on any atom is -1.00 e. The second kappa shape index (κ2) is 5.58. The third-order valence-corrected chi connectivity index (χ3v) is 0.368. The molecule has 0 bridgehead atoms. The van der Waals surface area contributed by atoms with Crippen molar-refractivity contribution < 1.29 is 22.7 Å². The number of hydrogen-bond acceptors (Lipinski definition) is 2. The van der Waals surface area contributed by atoms with E-state index in [1.165, 1.54) is 0 Å². The fraction of sp³-hybridized carbons (Fsp3) is 0. The molecule has 48 valence electrons. The Morgan fingerprint density at radius 1 is 1.11 bits per heavy atom. The quantitative estimate of drug-likeness (QED) is 0.405. The van der Waals surface area contributed by atoms with Crippen molar-refractivity contribution in [3.8, 4) is 0 Å². The number of carbonyl (C=O) groups is 2. The van der Waals surface area contributed by atoms with Crippen LogP contribution >= 0.6 is 0 Å². The number of rotatable bonds is 2. The third kappa shape index (κ3) is 11.2. The molecule has 0 atom stereocenters. The first-order chi connectivity index (χ1) is 3.63. The summed E-state index contributed by atoms with van der Waals surface area (Å²) in [6, 6.07) is 0. The zero-order valence-electron chi connectivity index (χ0n) is 6.57. The van der Waals surface area contributed by atoms with Crippen LogP contribution in [0, 0.1) is 0 Å². The maximum Gasteiger partial charge on any atom is 2.00 e. The molecule has 0 saturated carbocycles. The van der Waals surface area contributed by atoms with Crippen molar-refractivity contribution in [2.24, 2.45) is 0 Å². The zero-order valence-corrected chi connectivity index (χ0v) is 5.99. The average Bonchev–Trinajstić information content (AvgIpc) is 1.61. The first kappa shape index (κ1) is 11.3. The zero-order chi connectivity index (χ0) is 6.57. The molecule has 0 spiro atoms. The van der Waals surface area contributed by atoms with Gasteiger partial charge in [0.2, 0.25) is 0 Å². The van der Waals surface area contributed by atoms with Gasteiger partial charge in [-0.15, -0.1) is 0 Å². The summed E-state index contributed by atoms with van der Waals surface area (Å²) in [5, 5.41) is 15.6. The normalized spacial score (nSPS) is 8.44. The third-order valence-electron chi connectivity index (χ3n) is 0.368. The van der Waals surface area contributed by atoms with E-state index in [2.05, 4.69) is 0 Å². The van der Waals surface area contributed by atoms with E-state index < -0.39 is 11.9 Å². The van der Waals surface area contributed by atoms with Crippen molar-refractivity contribution in [2.45, 2.75) is 0 Å². The Labute approximate surface area is 70.3 Å². The van der Waals surface area contributed by atoms with Gasteiger partial charge in [0.1, 0.15) is 0 Å². The van der Waals surface area contributed by atoms with Gasteiger partial charge < -0.3 is 13.1 Å². The first-order valence-corrected chi connectivity index (χ1v) is 1.77. The van der Waals surface area contributed by atoms with Gasteiger partial charge in [0.15, 0.2) is 0 Å². The van der Waals surface area contributed by atoms with Crippen LogP contribution in [0.5, 0.6) is 0 Å². The molecule has 4 nitrogen and oxygen atoms in total. The fourth-order valence-electron chi connectivity index (χ4n) is 0.143. The van der Waals surface area contributed by atoms with Gasteiger partial charge in [-0.2, -0.15) is 0 Å². The smallest absolute Gasteiger partial charge is 1.00 e. The molecule has 0 aromatic carbocycles. The van der Waals surface area contributed by atoms with E-state index in [-0.39, 0.29) is 25.9 Å². The molecule has 0 amide bonds. The standard InChI is InChI=1S/C4H4O4.Mg.2H/c5-3(6)1-2-4(7)8;;;/h1-2H,(H,5,6)(H,7,8);;;/q;+2;2*-1/b2-1-;;;. The van der Waals surface area contributed by atoms with E-state index in [1.807, 2.05) is 0 Å². The SMILES string of the molecule is O=C(O)/C=C\C(=O)O.[H-].[H-].[Mg+2]. The van der Waals surface area contributed by atoms with Gasteiger partial charge in [0.05, 0.1) is 0 Å². The van der Waals surface area contributed by atoms with Gasteiger partial charge in [0, 0.05) is 12.2 Å². The van der Waals surface area contributed by atoms with E-state index in [9.17, 15) is 9.59 Å². The molecule has 2 N–H and O–H groups in total. The van der Waals surface area contributed by atoms with Crippen LogP contribution in [-0.4, -0.2) is 45.2 Å². The molecule has 0 aliphatic carbocycles. The summed E-state index contributed by atoms with van der Waals surface area (Å²) in [6.45, 7) is 0. The molecule has 0 fully saturated rings. The maximum atomic E-state index is 9.55. The Kier molecular flexibility index (Phi) is 6.99. The van der Waals surface area contributed by atoms with Gasteiger partial charge in [-0.3, -0.25) is 0 Å². The fourth-order valence-corrected chi connectivity index (χ4v) is 0.143. The monoisotopic (exact) mass is 142 g/mol. The molecule has 0 heterocycles. The van der Waals surface area contributed by atoms with Gasteiger partial charge >= 0.3 is 35.0 Å². The number of hydrogen-bond donors (Lipinski definition) is 2. The maximum absolute atomic E-state index is 9.55. The predicted molar refractivity (Wildman–Crippen MR) is 32.4 cm³/mol. The molecule has 0 aliphatic heterocycles. The summed E-state index contributed by atoms with van der Waals surface area (Å²) in [5.41, 5.74) is 0. The Bertz CT molecular complexity index is 131. The van der Waals surface area contributed by atoms with Crippen LogP contribution in [-0.2, 0) is 9.59 Å². The summed E-state index contributed by atoms with van der Waals surface area (Å²) in [6.07, 6.45) is 1.12. The van der Waals surface area contributed by atoms with Crippen LogP contribution in [0.4, 0.5) is 0 Å². The Hall–Kier alpha value is -0.554. The molecule has 9 heavy (non-hydrogen) atoms. The van der Waals surface area contributed by atoms with Gasteiger partial charge in [-0.1, -0.05) is 0 Å². The molecule has 0 saturated heterocycles. The van der Waals surface area contributed by atoms with E-state index in [1.54, 1.807) is 0 Å². The van der Waals surface area contributed by atoms with Crippen LogP contribution in [0.15, 0.2) is 12.2 Å². The molecule has 5 heteroatoms. The van der Waals surface area contributed by atoms with Crippen molar-refractivity contribution in [1.82, 2.24) is 0 Å². The summed E-state index contributed by atoms with van der Waals surface area (Å²) < 4.78 is 0. The molecule has 0 aromatic heterocycles. The predicted octanol–water partition coefficient (Wildman–Crippen LogP) is -0.444. The van der Waals surface area contributed by atoms with Gasteiger partial charge in [0.25, 0.3) is 0 Å². The first-order valence-electron chi connectivity index (χ1n) is 1.77. The molecule has 0 radical (unpaired) electrons. The molecule has 0 rings (SSSR count). The minimum absolute atomic E-state index is 0. The van der Waals surface area contributed by atoms with Crippen molar-refractivity contribution in [2.75, 3.05) is 0 Å². The van der Waals surface area contributed by atoms with Crippen LogP contribution in [0.25, 0.3) is 0 Å².